The average molecular weight is 363 g/mol. The van der Waals surface area contributed by atoms with Crippen LogP contribution in [0, 0.1) is 0 Å². The first-order chi connectivity index (χ1) is 12.3. The van der Waals surface area contributed by atoms with Crippen LogP contribution in [0.2, 0.25) is 0 Å². The van der Waals surface area contributed by atoms with Crippen molar-refractivity contribution in [3.8, 4) is 17.2 Å². The van der Waals surface area contributed by atoms with Crippen molar-refractivity contribution in [3.63, 3.8) is 0 Å². The van der Waals surface area contributed by atoms with E-state index in [0.29, 0.717) is 28.6 Å². The highest BCUT2D eigenvalue weighted by Crippen LogP contribution is 2.41. The Labute approximate surface area is 153 Å². The van der Waals surface area contributed by atoms with Gasteiger partial charge < -0.3 is 28.7 Å². The molecule has 0 aliphatic carbocycles. The van der Waals surface area contributed by atoms with Gasteiger partial charge >= 0.3 is 6.09 Å². The lowest BCUT2D eigenvalue weighted by Crippen LogP contribution is -2.35. The van der Waals surface area contributed by atoms with E-state index in [1.165, 1.54) is 20.5 Å². The van der Waals surface area contributed by atoms with Gasteiger partial charge in [0.1, 0.15) is 34.7 Å². The van der Waals surface area contributed by atoms with E-state index in [1.54, 1.807) is 52.1 Å². The zero-order valence-corrected chi connectivity index (χ0v) is 15.9. The van der Waals surface area contributed by atoms with Crippen LogP contribution in [0.3, 0.4) is 0 Å². The number of methoxy groups -OCH3 is 3. The number of benzene rings is 1. The number of furan rings is 1. The molecule has 7 heteroatoms. The maximum Gasteiger partial charge on any atom is 0.408 e. The largest absolute Gasteiger partial charge is 0.496 e. The monoisotopic (exact) mass is 363 g/mol. The third-order valence-electron chi connectivity index (χ3n) is 3.53. The summed E-state index contributed by atoms with van der Waals surface area (Å²) in [6, 6.07) is 6.25. The third-order valence-corrected chi connectivity index (χ3v) is 3.53. The molecule has 2 rings (SSSR count). The Balaban J connectivity index is 2.51. The van der Waals surface area contributed by atoms with Gasteiger partial charge in [-0.25, -0.2) is 4.79 Å². The first-order valence-corrected chi connectivity index (χ1v) is 8.12. The molecule has 1 aromatic carbocycles. The molecule has 0 fully saturated rings. The van der Waals surface area contributed by atoms with Crippen molar-refractivity contribution < 1.29 is 28.2 Å². The maximum atomic E-state index is 12.4. The number of nitrogens with one attached hydrogen (secondary N) is 1. The molecular formula is C19H25NO6. The average Bonchev–Trinajstić information content (AvgIpc) is 3.11. The third kappa shape index (κ3) is 4.62. The summed E-state index contributed by atoms with van der Waals surface area (Å²) in [5.41, 5.74) is -0.0390. The molecule has 1 N–H and O–H groups in total. The van der Waals surface area contributed by atoms with Crippen LogP contribution in [0.15, 0.2) is 34.9 Å². The second kappa shape index (κ2) is 8.03. The molecule has 0 saturated carbocycles. The first-order valence-electron chi connectivity index (χ1n) is 8.12. The number of rotatable bonds is 6. The molecule has 0 bridgehead atoms. The quantitative estimate of drug-likeness (QED) is 0.838. The van der Waals surface area contributed by atoms with Crippen molar-refractivity contribution in [2.24, 2.45) is 0 Å². The van der Waals surface area contributed by atoms with Gasteiger partial charge in [-0.15, -0.1) is 0 Å². The Bertz CT molecular complexity index is 708. The van der Waals surface area contributed by atoms with Gasteiger partial charge in [-0.05, 0) is 32.9 Å². The zero-order valence-electron chi connectivity index (χ0n) is 15.9. The molecular weight excluding hydrogens is 338 g/mol. The van der Waals surface area contributed by atoms with E-state index >= 15 is 0 Å². The van der Waals surface area contributed by atoms with Crippen LogP contribution in [0.25, 0.3) is 0 Å². The minimum absolute atomic E-state index is 0.485. The maximum absolute atomic E-state index is 12.4. The van der Waals surface area contributed by atoms with Crippen molar-refractivity contribution in [3.05, 3.63) is 41.9 Å². The van der Waals surface area contributed by atoms with E-state index in [4.69, 9.17) is 23.4 Å². The van der Waals surface area contributed by atoms with Crippen LogP contribution in [0.5, 0.6) is 17.2 Å². The van der Waals surface area contributed by atoms with E-state index in [0.717, 1.165) is 0 Å². The molecule has 26 heavy (non-hydrogen) atoms. The molecule has 1 atom stereocenters. The van der Waals surface area contributed by atoms with Gasteiger partial charge in [0.2, 0.25) is 0 Å². The summed E-state index contributed by atoms with van der Waals surface area (Å²) in [7, 11) is 4.62. The van der Waals surface area contributed by atoms with E-state index < -0.39 is 17.7 Å². The van der Waals surface area contributed by atoms with Gasteiger partial charge in [0.05, 0.1) is 33.2 Å². The number of hydrogen-bond donors (Lipinski definition) is 1. The highest BCUT2D eigenvalue weighted by molar-refractivity contribution is 5.70. The summed E-state index contributed by atoms with van der Waals surface area (Å²) in [6.07, 6.45) is 0.945. The van der Waals surface area contributed by atoms with Crippen molar-refractivity contribution >= 4 is 6.09 Å². The van der Waals surface area contributed by atoms with Gasteiger partial charge in [0.25, 0.3) is 0 Å². The van der Waals surface area contributed by atoms with E-state index in [1.807, 2.05) is 0 Å². The summed E-state index contributed by atoms with van der Waals surface area (Å²) in [6.45, 7) is 5.38. The second-order valence-electron chi connectivity index (χ2n) is 6.54. The Morgan fingerprint density at radius 3 is 2.12 bits per heavy atom. The Morgan fingerprint density at radius 2 is 1.69 bits per heavy atom. The summed E-state index contributed by atoms with van der Waals surface area (Å²) in [5, 5.41) is 2.82. The van der Waals surface area contributed by atoms with Gasteiger partial charge in [0.15, 0.2) is 0 Å². The normalized spacial score (nSPS) is 12.2. The van der Waals surface area contributed by atoms with E-state index in [2.05, 4.69) is 5.32 Å². The predicted octanol–water partition coefficient (Wildman–Crippen LogP) is 3.92. The number of alkyl carbamates (subject to hydrolysis) is 1. The Morgan fingerprint density at radius 1 is 1.08 bits per heavy atom. The van der Waals surface area contributed by atoms with Crippen molar-refractivity contribution in [1.82, 2.24) is 5.32 Å². The molecule has 0 spiro atoms. The van der Waals surface area contributed by atoms with E-state index in [9.17, 15) is 4.79 Å². The van der Waals surface area contributed by atoms with Gasteiger partial charge in [-0.1, -0.05) is 0 Å². The highest BCUT2D eigenvalue weighted by Gasteiger charge is 2.29. The molecule has 0 aliphatic rings. The molecule has 1 amide bonds. The number of carbonyl (C=O) groups is 1. The minimum Gasteiger partial charge on any atom is -0.496 e. The fourth-order valence-electron chi connectivity index (χ4n) is 2.48. The summed E-state index contributed by atoms with van der Waals surface area (Å²) >= 11 is 0. The fraction of sp³-hybridized carbons (Fsp3) is 0.421. The minimum atomic E-state index is -0.671. The van der Waals surface area contributed by atoms with Gasteiger partial charge in [0, 0.05) is 12.1 Å². The van der Waals surface area contributed by atoms with Gasteiger partial charge in [-0.3, -0.25) is 0 Å². The SMILES string of the molecule is COc1cc(OC)c(C(NC(=O)OC(C)(C)C)c2ccco2)c(OC)c1. The van der Waals surface area contributed by atoms with Crippen molar-refractivity contribution in [2.75, 3.05) is 21.3 Å². The number of amides is 1. The molecule has 1 unspecified atom stereocenters. The molecule has 1 aromatic heterocycles. The van der Waals surface area contributed by atoms with Crippen LogP contribution in [0.1, 0.15) is 38.1 Å². The lowest BCUT2D eigenvalue weighted by atomic mass is 10.0. The van der Waals surface area contributed by atoms with Gasteiger partial charge in [-0.2, -0.15) is 0 Å². The molecule has 0 aliphatic heterocycles. The lowest BCUT2D eigenvalue weighted by molar-refractivity contribution is 0.0506. The predicted molar refractivity (Wildman–Crippen MR) is 96.0 cm³/mol. The molecule has 0 radical (unpaired) electrons. The molecule has 142 valence electrons. The van der Waals surface area contributed by atoms with Crippen molar-refractivity contribution in [1.29, 1.82) is 0 Å². The Hall–Kier alpha value is -2.83. The molecule has 1 heterocycles. The molecule has 2 aromatic rings. The smallest absolute Gasteiger partial charge is 0.408 e. The highest BCUT2D eigenvalue weighted by atomic mass is 16.6. The lowest BCUT2D eigenvalue weighted by Gasteiger charge is -2.25. The van der Waals surface area contributed by atoms with Crippen LogP contribution >= 0.6 is 0 Å². The summed E-state index contributed by atoms with van der Waals surface area (Å²) in [4.78, 5) is 12.4. The van der Waals surface area contributed by atoms with E-state index in [-0.39, 0.29) is 0 Å². The van der Waals surface area contributed by atoms with Crippen LogP contribution < -0.4 is 19.5 Å². The topological polar surface area (TPSA) is 79.2 Å². The van der Waals surface area contributed by atoms with Crippen molar-refractivity contribution in [2.45, 2.75) is 32.4 Å². The Kier molecular flexibility index (Phi) is 6.02. The number of hydrogen-bond acceptors (Lipinski definition) is 6. The fourth-order valence-corrected chi connectivity index (χ4v) is 2.48. The molecule has 0 saturated heterocycles. The number of carbonyl (C=O) groups excluding carboxylic acids is 1. The number of ether oxygens (including phenoxy) is 4. The summed E-state index contributed by atoms with van der Waals surface area (Å²) < 4.78 is 27.2. The van der Waals surface area contributed by atoms with Crippen LogP contribution in [-0.2, 0) is 4.74 Å². The first kappa shape index (κ1) is 19.5. The summed E-state index contributed by atoms with van der Waals surface area (Å²) in [5.74, 6) is 2.05. The zero-order chi connectivity index (χ0) is 19.3. The second-order valence-corrected chi connectivity index (χ2v) is 6.54. The standard InChI is InChI=1S/C19H25NO6/c1-19(2,3)26-18(21)20-17(13-8-7-9-25-13)16-14(23-5)10-12(22-4)11-15(16)24-6/h7-11,17H,1-6H3,(H,20,21). The van der Waals surface area contributed by atoms with Crippen LogP contribution in [-0.4, -0.2) is 33.0 Å². The van der Waals surface area contributed by atoms with Crippen LogP contribution in [0.4, 0.5) is 4.79 Å². The molecule has 7 nitrogen and oxygen atoms in total.